The van der Waals surface area contributed by atoms with Crippen LogP contribution in [0.4, 0.5) is 0 Å². The predicted octanol–water partition coefficient (Wildman–Crippen LogP) is 2.16. The van der Waals surface area contributed by atoms with E-state index in [2.05, 4.69) is 34.6 Å². The smallest absolute Gasteiger partial charge is 0.248 e. The van der Waals surface area contributed by atoms with Crippen LogP contribution in [0.15, 0.2) is 12.4 Å². The minimum Gasteiger partial charge on any atom is -0.391 e. The first-order valence-electron chi connectivity index (χ1n) is 13.3. The van der Waals surface area contributed by atoms with Crippen molar-refractivity contribution in [1.29, 1.82) is 0 Å². The summed E-state index contributed by atoms with van der Waals surface area (Å²) < 4.78 is 3.69. The molecule has 0 radical (unpaired) electrons. The van der Waals surface area contributed by atoms with Crippen LogP contribution in [0.5, 0.6) is 0 Å². The lowest BCUT2D eigenvalue weighted by Gasteiger charge is -2.35. The number of β-amino-alcohol motifs (C(OH)–C–C–N with tert-alkyl or cyclic N) is 1. The van der Waals surface area contributed by atoms with Gasteiger partial charge in [0.2, 0.25) is 11.8 Å². The first kappa shape index (κ1) is 24.9. The van der Waals surface area contributed by atoms with Gasteiger partial charge in [-0.2, -0.15) is 5.10 Å². The molecule has 1 unspecified atom stereocenters. The Morgan fingerprint density at radius 3 is 2.61 bits per heavy atom. The van der Waals surface area contributed by atoms with Crippen LogP contribution in [0.1, 0.15) is 95.3 Å². The Balaban J connectivity index is 1.32. The molecule has 4 atom stereocenters. The molecule has 2 N–H and O–H groups in total. The van der Waals surface area contributed by atoms with Crippen molar-refractivity contribution in [2.24, 2.45) is 5.41 Å². The number of carbonyl (C=O) groups excluding carboxylic acids is 2. The quantitative estimate of drug-likeness (QED) is 0.631. The van der Waals surface area contributed by atoms with Crippen LogP contribution in [0.3, 0.4) is 0 Å². The third-order valence-electron chi connectivity index (χ3n) is 7.73. The molecule has 0 bridgehead atoms. The molecule has 1 saturated carbocycles. The lowest BCUT2D eigenvalue weighted by Crippen LogP contribution is -2.52. The Hall–Kier alpha value is -2.75. The Labute approximate surface area is 212 Å². The maximum Gasteiger partial charge on any atom is 0.248 e. The summed E-state index contributed by atoms with van der Waals surface area (Å²) in [6.07, 6.45) is 7.95. The molecule has 36 heavy (non-hydrogen) atoms. The number of aliphatic hydroxyl groups excluding tert-OH is 1. The predicted molar refractivity (Wildman–Crippen MR) is 133 cm³/mol. The molecule has 10 heteroatoms. The van der Waals surface area contributed by atoms with Gasteiger partial charge in [-0.3, -0.25) is 14.3 Å². The highest BCUT2D eigenvalue weighted by Gasteiger charge is 2.46. The SMILES string of the molecule is CC(C)n1ncc2c1CC(NC(=O)[C@@H]1C[C@@H](O)CN1C(=O)[C@@H](n1cc(C3CC3)nn1)C(C)(C)C)CC2. The first-order chi connectivity index (χ1) is 17.0. The second-order valence-corrected chi connectivity index (χ2v) is 12.2. The number of nitrogens with zero attached hydrogens (tertiary/aromatic N) is 6. The zero-order valence-electron chi connectivity index (χ0n) is 22.0. The number of nitrogens with one attached hydrogen (secondary N) is 1. The molecule has 0 aromatic carbocycles. The van der Waals surface area contributed by atoms with Gasteiger partial charge in [0, 0.05) is 49.3 Å². The standard InChI is InChI=1S/C26H39N7O3/c1-15(2)33-21-10-18(9-8-17(21)12-27-33)28-24(35)22-11-19(34)13-31(22)25(36)23(26(3,4)5)32-14-20(29-30-32)16-6-7-16/h12,14-16,18-19,22-23,34H,6-11,13H2,1-5H3,(H,28,35)/t18?,19-,22+,23-/m1/s1. The van der Waals surface area contributed by atoms with E-state index in [1.165, 1.54) is 11.3 Å². The third kappa shape index (κ3) is 4.79. The van der Waals surface area contributed by atoms with Crippen molar-refractivity contribution < 1.29 is 14.7 Å². The van der Waals surface area contributed by atoms with Crippen LogP contribution in [-0.4, -0.2) is 71.3 Å². The van der Waals surface area contributed by atoms with Gasteiger partial charge >= 0.3 is 0 Å². The van der Waals surface area contributed by atoms with Crippen LogP contribution in [0.25, 0.3) is 0 Å². The average Bonchev–Trinajstić information content (AvgIpc) is 3.20. The van der Waals surface area contributed by atoms with Crippen molar-refractivity contribution in [1.82, 2.24) is 35.0 Å². The fourth-order valence-electron chi connectivity index (χ4n) is 5.71. The minimum absolute atomic E-state index is 0.0243. The number of hydrogen-bond donors (Lipinski definition) is 2. The number of amides is 2. The Bertz CT molecular complexity index is 1130. The molecule has 196 valence electrons. The summed E-state index contributed by atoms with van der Waals surface area (Å²) in [5.41, 5.74) is 2.89. The lowest BCUT2D eigenvalue weighted by molar-refractivity contribution is -0.144. The molecule has 3 heterocycles. The third-order valence-corrected chi connectivity index (χ3v) is 7.73. The molecule has 2 aromatic heterocycles. The highest BCUT2D eigenvalue weighted by molar-refractivity contribution is 5.90. The number of fused-ring (bicyclic) bond motifs is 1. The van der Waals surface area contributed by atoms with Crippen molar-refractivity contribution in [3.05, 3.63) is 29.3 Å². The van der Waals surface area contributed by atoms with Gasteiger partial charge in [-0.25, -0.2) is 4.68 Å². The van der Waals surface area contributed by atoms with Crippen molar-refractivity contribution >= 4 is 11.8 Å². The summed E-state index contributed by atoms with van der Waals surface area (Å²) >= 11 is 0. The fraction of sp³-hybridized carbons (Fsp3) is 0.731. The molecule has 10 nitrogen and oxygen atoms in total. The van der Waals surface area contributed by atoms with Crippen LogP contribution >= 0.6 is 0 Å². The molecular weight excluding hydrogens is 458 g/mol. The Kier molecular flexibility index (Phi) is 6.43. The molecule has 2 amide bonds. The number of likely N-dealkylation sites (tertiary alicyclic amines) is 1. The van der Waals surface area contributed by atoms with Crippen LogP contribution in [0, 0.1) is 5.41 Å². The number of hydrogen-bond acceptors (Lipinski definition) is 6. The van der Waals surface area contributed by atoms with E-state index in [9.17, 15) is 14.7 Å². The van der Waals surface area contributed by atoms with E-state index in [4.69, 9.17) is 0 Å². The van der Waals surface area contributed by atoms with E-state index >= 15 is 0 Å². The summed E-state index contributed by atoms with van der Waals surface area (Å²) in [7, 11) is 0. The van der Waals surface area contributed by atoms with E-state index in [1.807, 2.05) is 37.8 Å². The zero-order valence-corrected chi connectivity index (χ0v) is 22.0. The van der Waals surface area contributed by atoms with E-state index < -0.39 is 23.6 Å². The molecule has 2 aliphatic carbocycles. The lowest BCUT2D eigenvalue weighted by atomic mass is 9.85. The van der Waals surface area contributed by atoms with Crippen molar-refractivity contribution in [3.63, 3.8) is 0 Å². The van der Waals surface area contributed by atoms with E-state index in [-0.39, 0.29) is 36.9 Å². The van der Waals surface area contributed by atoms with E-state index in [1.54, 1.807) is 9.58 Å². The zero-order chi connectivity index (χ0) is 25.8. The van der Waals surface area contributed by atoms with Gasteiger partial charge in [-0.15, -0.1) is 5.10 Å². The highest BCUT2D eigenvalue weighted by Crippen LogP contribution is 2.40. The van der Waals surface area contributed by atoms with Crippen molar-refractivity contribution in [3.8, 4) is 0 Å². The van der Waals surface area contributed by atoms with Crippen LogP contribution in [0.2, 0.25) is 0 Å². The van der Waals surface area contributed by atoms with Gasteiger partial charge in [0.05, 0.1) is 18.0 Å². The summed E-state index contributed by atoms with van der Waals surface area (Å²) in [4.78, 5) is 29.0. The fourth-order valence-corrected chi connectivity index (χ4v) is 5.71. The minimum atomic E-state index is -0.733. The molecule has 0 spiro atoms. The Morgan fingerprint density at radius 2 is 1.94 bits per heavy atom. The molecule has 3 aliphatic rings. The molecule has 2 aromatic rings. The average molecular weight is 498 g/mol. The molecule has 1 aliphatic heterocycles. The topological polar surface area (TPSA) is 118 Å². The van der Waals surface area contributed by atoms with Crippen LogP contribution < -0.4 is 5.32 Å². The monoisotopic (exact) mass is 497 g/mol. The van der Waals surface area contributed by atoms with Crippen molar-refractivity contribution in [2.75, 3.05) is 6.54 Å². The number of aliphatic hydroxyl groups is 1. The van der Waals surface area contributed by atoms with E-state index in [0.29, 0.717) is 5.92 Å². The van der Waals surface area contributed by atoms with Gasteiger partial charge < -0.3 is 15.3 Å². The second kappa shape index (κ2) is 9.28. The number of aryl methyl sites for hydroxylation is 1. The van der Waals surface area contributed by atoms with Gasteiger partial charge in [0.1, 0.15) is 12.1 Å². The molecular formula is C26H39N7O3. The van der Waals surface area contributed by atoms with Crippen molar-refractivity contribution in [2.45, 2.75) is 109 Å². The maximum atomic E-state index is 13.9. The number of rotatable bonds is 6. The van der Waals surface area contributed by atoms with Gasteiger partial charge in [-0.05, 0) is 50.5 Å². The largest absolute Gasteiger partial charge is 0.391 e. The van der Waals surface area contributed by atoms with Gasteiger partial charge in [0.15, 0.2) is 0 Å². The maximum absolute atomic E-state index is 13.9. The second-order valence-electron chi connectivity index (χ2n) is 12.2. The number of carbonyl (C=O) groups is 2. The summed E-state index contributed by atoms with van der Waals surface area (Å²) in [6.45, 7) is 10.3. The highest BCUT2D eigenvalue weighted by atomic mass is 16.3. The normalized spacial score (nSPS) is 25.2. The molecule has 2 fully saturated rings. The van der Waals surface area contributed by atoms with E-state index in [0.717, 1.165) is 37.8 Å². The Morgan fingerprint density at radius 1 is 1.19 bits per heavy atom. The summed E-state index contributed by atoms with van der Waals surface area (Å²) in [5, 5.41) is 26.8. The summed E-state index contributed by atoms with van der Waals surface area (Å²) in [5.74, 6) is 0.0359. The summed E-state index contributed by atoms with van der Waals surface area (Å²) in [6, 6.07) is -1.09. The first-order valence-corrected chi connectivity index (χ1v) is 13.3. The number of aromatic nitrogens is 5. The molecule has 5 rings (SSSR count). The van der Waals surface area contributed by atoms with Crippen LogP contribution in [-0.2, 0) is 22.4 Å². The van der Waals surface area contributed by atoms with Gasteiger partial charge in [0.25, 0.3) is 0 Å². The van der Waals surface area contributed by atoms with Gasteiger partial charge in [-0.1, -0.05) is 26.0 Å². The molecule has 1 saturated heterocycles.